The van der Waals surface area contributed by atoms with Crippen LogP contribution >= 0.6 is 0 Å². The highest BCUT2D eigenvalue weighted by Gasteiger charge is 2.29. The molecule has 0 aromatic heterocycles. The lowest BCUT2D eigenvalue weighted by Crippen LogP contribution is -2.54. The van der Waals surface area contributed by atoms with Crippen molar-refractivity contribution in [3.05, 3.63) is 0 Å². The minimum absolute atomic E-state index is 0.303. The molecule has 1 fully saturated rings. The molecule has 1 heterocycles. The predicted molar refractivity (Wildman–Crippen MR) is 112 cm³/mol. The highest BCUT2D eigenvalue weighted by atomic mass is 16.4. The van der Waals surface area contributed by atoms with Gasteiger partial charge >= 0.3 is 5.97 Å². The zero-order valence-corrected chi connectivity index (χ0v) is 18.2. The maximum Gasteiger partial charge on any atom is 0.326 e. The van der Waals surface area contributed by atoms with Gasteiger partial charge in [-0.2, -0.15) is 0 Å². The second-order valence-electron chi connectivity index (χ2n) is 7.64. The standard InChI is InChI=1S/C19H32N6O7/c1-3-10(2)16(19(31)32)25-15(28)9-22-14(27)8-23-17(29)12(7-13(20)26)24-18(30)11-5-4-6-21-11/h10-12,16,21H,3-9H2,1-2H3,(H2,20,26)(H,22,27)(H,23,29)(H,24,30)(H,25,28)(H,31,32)/t10-,11-,12-,16-/m0/s1. The van der Waals surface area contributed by atoms with Crippen LogP contribution in [0, 0.1) is 5.92 Å². The fourth-order valence-electron chi connectivity index (χ4n) is 3.03. The first-order valence-electron chi connectivity index (χ1n) is 10.4. The van der Waals surface area contributed by atoms with E-state index in [0.717, 1.165) is 6.42 Å². The zero-order chi connectivity index (χ0) is 24.3. The van der Waals surface area contributed by atoms with Gasteiger partial charge in [0.25, 0.3) is 0 Å². The fourth-order valence-corrected chi connectivity index (χ4v) is 3.03. The molecule has 13 heteroatoms. The molecule has 1 saturated heterocycles. The number of nitrogens with two attached hydrogens (primary N) is 1. The van der Waals surface area contributed by atoms with E-state index in [0.29, 0.717) is 19.4 Å². The van der Waals surface area contributed by atoms with Gasteiger partial charge in [0, 0.05) is 0 Å². The fraction of sp³-hybridized carbons (Fsp3) is 0.684. The summed E-state index contributed by atoms with van der Waals surface area (Å²) >= 11 is 0. The van der Waals surface area contributed by atoms with Gasteiger partial charge in [-0.3, -0.25) is 24.0 Å². The molecule has 0 aliphatic carbocycles. The Morgan fingerprint density at radius 3 is 2.25 bits per heavy atom. The number of hydrogen-bond donors (Lipinski definition) is 7. The number of rotatable bonds is 13. The Morgan fingerprint density at radius 2 is 1.72 bits per heavy atom. The summed E-state index contributed by atoms with van der Waals surface area (Å²) in [4.78, 5) is 70.8. The Bertz CT molecular complexity index is 723. The number of hydrogen-bond acceptors (Lipinski definition) is 7. The van der Waals surface area contributed by atoms with Gasteiger partial charge < -0.3 is 37.4 Å². The third-order valence-corrected chi connectivity index (χ3v) is 5.08. The van der Waals surface area contributed by atoms with Crippen LogP contribution in [-0.4, -0.2) is 78.4 Å². The van der Waals surface area contributed by atoms with Crippen molar-refractivity contribution in [1.82, 2.24) is 26.6 Å². The molecule has 0 aromatic rings. The summed E-state index contributed by atoms with van der Waals surface area (Å²) in [5.41, 5.74) is 5.14. The topological polar surface area (TPSA) is 209 Å². The monoisotopic (exact) mass is 456 g/mol. The second kappa shape index (κ2) is 13.2. The minimum Gasteiger partial charge on any atom is -0.480 e. The molecule has 1 rings (SSSR count). The molecular formula is C19H32N6O7. The molecule has 0 unspecified atom stereocenters. The van der Waals surface area contributed by atoms with Crippen molar-refractivity contribution in [2.75, 3.05) is 19.6 Å². The molecule has 5 amide bonds. The molecule has 32 heavy (non-hydrogen) atoms. The Morgan fingerprint density at radius 1 is 1.06 bits per heavy atom. The maximum absolute atomic E-state index is 12.3. The highest BCUT2D eigenvalue weighted by molar-refractivity contribution is 5.95. The average molecular weight is 457 g/mol. The Kier molecular flexibility index (Phi) is 11.1. The summed E-state index contributed by atoms with van der Waals surface area (Å²) < 4.78 is 0. The van der Waals surface area contributed by atoms with Gasteiger partial charge in [-0.1, -0.05) is 20.3 Å². The average Bonchev–Trinajstić information content (AvgIpc) is 3.27. The van der Waals surface area contributed by atoms with Crippen LogP contribution in [0.3, 0.4) is 0 Å². The van der Waals surface area contributed by atoms with Crippen LogP contribution in [0.25, 0.3) is 0 Å². The molecule has 0 aromatic carbocycles. The molecule has 0 bridgehead atoms. The number of carboxylic acid groups (broad SMARTS) is 1. The molecule has 1 aliphatic heterocycles. The molecule has 0 spiro atoms. The number of carbonyl (C=O) groups excluding carboxylic acids is 5. The van der Waals surface area contributed by atoms with Crippen LogP contribution < -0.4 is 32.3 Å². The van der Waals surface area contributed by atoms with Crippen molar-refractivity contribution in [1.29, 1.82) is 0 Å². The third kappa shape index (κ3) is 9.29. The Labute approximate surface area is 185 Å². The summed E-state index contributed by atoms with van der Waals surface area (Å²) in [7, 11) is 0. The van der Waals surface area contributed by atoms with Crippen molar-refractivity contribution in [2.24, 2.45) is 11.7 Å². The van der Waals surface area contributed by atoms with Gasteiger partial charge in [-0.05, 0) is 25.3 Å². The Hall–Kier alpha value is -3.22. The second-order valence-corrected chi connectivity index (χ2v) is 7.64. The summed E-state index contributed by atoms with van der Waals surface area (Å²) in [6, 6.07) is -2.80. The van der Waals surface area contributed by atoms with Crippen LogP contribution in [0.2, 0.25) is 0 Å². The van der Waals surface area contributed by atoms with E-state index in [1.54, 1.807) is 13.8 Å². The molecule has 4 atom stereocenters. The van der Waals surface area contributed by atoms with Crippen molar-refractivity contribution in [2.45, 2.75) is 57.7 Å². The van der Waals surface area contributed by atoms with Gasteiger partial charge in [0.1, 0.15) is 12.1 Å². The number of amides is 5. The van der Waals surface area contributed by atoms with Crippen LogP contribution in [0.1, 0.15) is 39.5 Å². The number of aliphatic carboxylic acids is 1. The molecule has 8 N–H and O–H groups in total. The first kappa shape index (κ1) is 26.8. The molecule has 0 radical (unpaired) electrons. The van der Waals surface area contributed by atoms with Crippen molar-refractivity contribution >= 4 is 35.5 Å². The SMILES string of the molecule is CC[C@H](C)[C@H](NC(=O)CNC(=O)CNC(=O)[C@H](CC(N)=O)NC(=O)[C@@H]1CCCN1)C(=O)O. The van der Waals surface area contributed by atoms with E-state index in [9.17, 15) is 33.9 Å². The first-order valence-corrected chi connectivity index (χ1v) is 10.4. The van der Waals surface area contributed by atoms with E-state index in [1.807, 2.05) is 0 Å². The zero-order valence-electron chi connectivity index (χ0n) is 18.2. The van der Waals surface area contributed by atoms with Crippen LogP contribution in [0.5, 0.6) is 0 Å². The van der Waals surface area contributed by atoms with Gasteiger partial charge in [0.05, 0.1) is 25.6 Å². The summed E-state index contributed by atoms with van der Waals surface area (Å²) in [6.45, 7) is 3.13. The van der Waals surface area contributed by atoms with E-state index in [-0.39, 0.29) is 5.92 Å². The van der Waals surface area contributed by atoms with Crippen molar-refractivity contribution in [3.63, 3.8) is 0 Å². The van der Waals surface area contributed by atoms with Crippen molar-refractivity contribution in [3.8, 4) is 0 Å². The van der Waals surface area contributed by atoms with Crippen LogP contribution in [-0.2, 0) is 28.8 Å². The summed E-state index contributed by atoms with van der Waals surface area (Å²) in [5.74, 6) is -4.92. The lowest BCUT2D eigenvalue weighted by Gasteiger charge is -2.20. The van der Waals surface area contributed by atoms with Gasteiger partial charge in [0.2, 0.25) is 29.5 Å². The quantitative estimate of drug-likeness (QED) is 0.151. The van der Waals surface area contributed by atoms with E-state index in [4.69, 9.17) is 5.73 Å². The maximum atomic E-state index is 12.3. The van der Waals surface area contributed by atoms with Crippen LogP contribution in [0.15, 0.2) is 0 Å². The predicted octanol–water partition coefficient (Wildman–Crippen LogP) is -3.05. The third-order valence-electron chi connectivity index (χ3n) is 5.08. The minimum atomic E-state index is -1.25. The smallest absolute Gasteiger partial charge is 0.326 e. The molecule has 1 aliphatic rings. The molecular weight excluding hydrogens is 424 g/mol. The summed E-state index contributed by atoms with van der Waals surface area (Å²) in [6.07, 6.45) is 1.50. The van der Waals surface area contributed by atoms with Gasteiger partial charge in [-0.25, -0.2) is 4.79 Å². The number of primary amides is 1. The van der Waals surface area contributed by atoms with E-state index < -0.39 is 73.1 Å². The van der Waals surface area contributed by atoms with E-state index in [2.05, 4.69) is 26.6 Å². The lowest BCUT2D eigenvalue weighted by atomic mass is 9.99. The number of carboxylic acids is 1. The van der Waals surface area contributed by atoms with Crippen LogP contribution in [0.4, 0.5) is 0 Å². The lowest BCUT2D eigenvalue weighted by molar-refractivity contribution is -0.143. The normalized spacial score (nSPS) is 18.0. The molecule has 180 valence electrons. The van der Waals surface area contributed by atoms with Gasteiger partial charge in [0.15, 0.2) is 0 Å². The highest BCUT2D eigenvalue weighted by Crippen LogP contribution is 2.07. The number of nitrogens with one attached hydrogen (secondary N) is 5. The molecule has 13 nitrogen and oxygen atoms in total. The van der Waals surface area contributed by atoms with E-state index in [1.165, 1.54) is 0 Å². The van der Waals surface area contributed by atoms with Crippen molar-refractivity contribution < 1.29 is 33.9 Å². The van der Waals surface area contributed by atoms with E-state index >= 15 is 0 Å². The molecule has 0 saturated carbocycles. The largest absolute Gasteiger partial charge is 0.480 e. The Balaban J connectivity index is 2.49. The van der Waals surface area contributed by atoms with Gasteiger partial charge in [-0.15, -0.1) is 0 Å². The summed E-state index contributed by atoms with van der Waals surface area (Å²) in [5, 5.41) is 21.4. The first-order chi connectivity index (χ1) is 15.0. The number of carbonyl (C=O) groups is 6.